The van der Waals surface area contributed by atoms with Gasteiger partial charge in [-0.1, -0.05) is 122 Å². The topological polar surface area (TPSA) is 97.5 Å². The van der Waals surface area contributed by atoms with Gasteiger partial charge in [0.2, 0.25) is 0 Å². The number of rotatable bonds is 19. The molecule has 1 aliphatic rings. The molecule has 1 aromatic carbocycles. The minimum Gasteiger partial charge on any atom is -0.285 e. The summed E-state index contributed by atoms with van der Waals surface area (Å²) < 4.78 is 33.4. The van der Waals surface area contributed by atoms with Crippen molar-refractivity contribution >= 4 is 15.8 Å². The first-order valence-electron chi connectivity index (χ1n) is 13.6. The molecule has 0 saturated heterocycles. The van der Waals surface area contributed by atoms with Crippen LogP contribution in [0.5, 0.6) is 0 Å². The van der Waals surface area contributed by atoms with E-state index in [1.165, 1.54) is 89.2 Å². The third-order valence-electron chi connectivity index (χ3n) is 7.55. The van der Waals surface area contributed by atoms with Crippen LogP contribution in [0.4, 0.5) is 5.69 Å². The van der Waals surface area contributed by atoms with Crippen LogP contribution in [-0.2, 0) is 21.3 Å². The van der Waals surface area contributed by atoms with E-state index < -0.39 is 19.8 Å². The first-order chi connectivity index (χ1) is 16.3. The second-order valence-electron chi connectivity index (χ2n) is 10.1. The fraction of sp³-hybridized carbons (Fsp3) is 0.778. The van der Waals surface area contributed by atoms with Gasteiger partial charge in [0.15, 0.2) is 0 Å². The molecule has 0 radical (unpaired) electrons. The average Bonchev–Trinajstić information content (AvgIpc) is 3.18. The predicted octanol–water partition coefficient (Wildman–Crippen LogP) is 8.28. The first kappa shape index (κ1) is 28.8. The van der Waals surface area contributed by atoms with Crippen molar-refractivity contribution in [3.63, 3.8) is 0 Å². The maximum absolute atomic E-state index is 12.4. The Hall–Kier alpha value is -1.47. The van der Waals surface area contributed by atoms with Crippen LogP contribution < -0.4 is 0 Å². The molecule has 1 unspecified atom stereocenters. The largest absolute Gasteiger partial charge is 0.285 e. The van der Waals surface area contributed by atoms with Crippen LogP contribution in [0.2, 0.25) is 0 Å². The summed E-state index contributed by atoms with van der Waals surface area (Å²) in [6, 6.07) is 4.57. The Kier molecular flexibility index (Phi) is 12.5. The zero-order valence-corrected chi connectivity index (χ0v) is 21.9. The van der Waals surface area contributed by atoms with E-state index in [-0.39, 0.29) is 12.1 Å². The lowest BCUT2D eigenvalue weighted by molar-refractivity contribution is -0.385. The van der Waals surface area contributed by atoms with Gasteiger partial charge in [-0.05, 0) is 24.8 Å². The highest BCUT2D eigenvalue weighted by Gasteiger charge is 2.50. The van der Waals surface area contributed by atoms with Crippen LogP contribution in [0.1, 0.15) is 134 Å². The molecule has 0 bridgehead atoms. The number of nitro benzene ring substituents is 1. The summed E-state index contributed by atoms with van der Waals surface area (Å²) in [5.74, 6) is 0. The van der Waals surface area contributed by atoms with Crippen molar-refractivity contribution in [2.24, 2.45) is 0 Å². The van der Waals surface area contributed by atoms with Crippen molar-refractivity contribution in [2.75, 3.05) is 0 Å². The van der Waals surface area contributed by atoms with Gasteiger partial charge in [-0.25, -0.2) is 0 Å². The van der Waals surface area contributed by atoms with Crippen molar-refractivity contribution in [1.29, 1.82) is 0 Å². The molecular weight excluding hydrogens is 450 g/mol. The Morgan fingerprint density at radius 3 is 1.76 bits per heavy atom. The van der Waals surface area contributed by atoms with Crippen LogP contribution in [0.25, 0.3) is 0 Å². The van der Waals surface area contributed by atoms with Crippen LogP contribution >= 0.6 is 0 Å². The summed E-state index contributed by atoms with van der Waals surface area (Å²) in [6.45, 7) is 2.26. The lowest BCUT2D eigenvalue weighted by Gasteiger charge is -2.27. The van der Waals surface area contributed by atoms with Crippen LogP contribution in [0.3, 0.4) is 0 Å². The van der Waals surface area contributed by atoms with Gasteiger partial charge in [-0.3, -0.25) is 14.7 Å². The number of nitrogens with zero attached hydrogens (tertiary/aromatic N) is 1. The molecule has 0 saturated carbocycles. The average molecular weight is 496 g/mol. The number of hydrogen-bond acceptors (Lipinski definition) is 4. The van der Waals surface area contributed by atoms with Crippen molar-refractivity contribution < 1.29 is 17.9 Å². The highest BCUT2D eigenvalue weighted by molar-refractivity contribution is 7.86. The lowest BCUT2D eigenvalue weighted by atomic mass is 9.93. The number of unbranched alkanes of at least 4 members (excludes halogenated alkanes) is 15. The van der Waals surface area contributed by atoms with Crippen molar-refractivity contribution in [3.05, 3.63) is 39.4 Å². The Labute approximate surface area is 206 Å². The van der Waals surface area contributed by atoms with Crippen LogP contribution in [-0.4, -0.2) is 17.9 Å². The maximum Gasteiger partial charge on any atom is 0.274 e. The fourth-order valence-corrected chi connectivity index (χ4v) is 6.74. The van der Waals surface area contributed by atoms with Crippen molar-refractivity contribution in [2.45, 2.75) is 134 Å². The fourth-order valence-electron chi connectivity index (χ4n) is 5.51. The van der Waals surface area contributed by atoms with E-state index in [0.717, 1.165) is 19.3 Å². The molecule has 7 heteroatoms. The summed E-state index contributed by atoms with van der Waals surface area (Å²) in [7, 11) is -4.36. The predicted molar refractivity (Wildman–Crippen MR) is 139 cm³/mol. The Bertz CT molecular complexity index is 855. The van der Waals surface area contributed by atoms with Gasteiger partial charge in [0.1, 0.15) is 4.75 Å². The normalized spacial score (nSPS) is 17.7. The van der Waals surface area contributed by atoms with Gasteiger partial charge in [0.05, 0.1) is 4.92 Å². The molecule has 0 heterocycles. The highest BCUT2D eigenvalue weighted by atomic mass is 32.2. The summed E-state index contributed by atoms with van der Waals surface area (Å²) in [5, 5.41) is 11.3. The van der Waals surface area contributed by atoms with Gasteiger partial charge in [-0.2, -0.15) is 8.42 Å². The number of nitro groups is 1. The van der Waals surface area contributed by atoms with Gasteiger partial charge >= 0.3 is 0 Å². The SMILES string of the molecule is CCCCCCCCCCCCCCCCCCC1(S(=O)(=O)O)CCc2c([N+](=O)[O-])cccc21. The second kappa shape index (κ2) is 14.8. The van der Waals surface area contributed by atoms with E-state index in [1.807, 2.05) is 0 Å². The monoisotopic (exact) mass is 495 g/mol. The molecule has 0 aromatic heterocycles. The molecule has 6 nitrogen and oxygen atoms in total. The molecule has 0 fully saturated rings. The van der Waals surface area contributed by atoms with Gasteiger partial charge in [0.25, 0.3) is 15.8 Å². The van der Waals surface area contributed by atoms with Gasteiger partial charge in [-0.15, -0.1) is 0 Å². The van der Waals surface area contributed by atoms with Crippen molar-refractivity contribution in [3.8, 4) is 0 Å². The highest BCUT2D eigenvalue weighted by Crippen LogP contribution is 2.48. The van der Waals surface area contributed by atoms with Crippen LogP contribution in [0, 0.1) is 10.1 Å². The summed E-state index contributed by atoms with van der Waals surface area (Å²) >= 11 is 0. The number of benzene rings is 1. The van der Waals surface area contributed by atoms with Crippen LogP contribution in [0.15, 0.2) is 18.2 Å². The van der Waals surface area contributed by atoms with E-state index in [2.05, 4.69) is 6.92 Å². The van der Waals surface area contributed by atoms with Gasteiger partial charge in [0, 0.05) is 11.6 Å². The van der Waals surface area contributed by atoms with E-state index in [1.54, 1.807) is 6.07 Å². The summed E-state index contributed by atoms with van der Waals surface area (Å²) in [6.07, 6.45) is 20.7. The second-order valence-corrected chi connectivity index (χ2v) is 11.8. The van der Waals surface area contributed by atoms with E-state index in [9.17, 15) is 23.1 Å². The summed E-state index contributed by atoms with van der Waals surface area (Å²) in [5.41, 5.74) is 0.835. The standard InChI is InChI=1S/C27H45NO5S/c1-2-3-4-5-6-7-8-9-10-11-12-13-14-15-16-17-22-27(34(31,32)33)23-21-24-25(27)19-18-20-26(24)28(29)30/h18-20H,2-17,21-23H2,1H3,(H,31,32,33). The first-order valence-corrected chi connectivity index (χ1v) is 15.0. The Morgan fingerprint density at radius 2 is 1.32 bits per heavy atom. The molecule has 1 aliphatic carbocycles. The van der Waals surface area contributed by atoms with Crippen molar-refractivity contribution in [1.82, 2.24) is 0 Å². The number of fused-ring (bicyclic) bond motifs is 1. The summed E-state index contributed by atoms with van der Waals surface area (Å²) in [4.78, 5) is 10.9. The molecule has 1 aromatic rings. The molecule has 0 amide bonds. The zero-order valence-electron chi connectivity index (χ0n) is 21.1. The minimum absolute atomic E-state index is 0.0463. The Morgan fingerprint density at radius 1 is 0.853 bits per heavy atom. The van der Waals surface area contributed by atoms with E-state index >= 15 is 0 Å². The number of hydrogen-bond donors (Lipinski definition) is 1. The van der Waals surface area contributed by atoms with E-state index in [4.69, 9.17) is 0 Å². The quantitative estimate of drug-likeness (QED) is 0.0901. The molecule has 1 atom stereocenters. The zero-order chi connectivity index (χ0) is 24.9. The third-order valence-corrected chi connectivity index (χ3v) is 9.16. The Balaban J connectivity index is 1.62. The molecule has 2 rings (SSSR count). The smallest absolute Gasteiger partial charge is 0.274 e. The maximum atomic E-state index is 12.4. The molecule has 34 heavy (non-hydrogen) atoms. The molecule has 0 aliphatic heterocycles. The van der Waals surface area contributed by atoms with Gasteiger partial charge < -0.3 is 0 Å². The third kappa shape index (κ3) is 8.33. The molecule has 194 valence electrons. The van der Waals surface area contributed by atoms with E-state index in [0.29, 0.717) is 30.4 Å². The lowest BCUT2D eigenvalue weighted by Crippen LogP contribution is -2.33. The minimum atomic E-state index is -4.36. The molecular formula is C27H45NO5S. The molecule has 0 spiro atoms. The molecule has 1 N–H and O–H groups in total.